The molecule has 0 aliphatic carbocycles. The Balaban J connectivity index is 3.12. The lowest BCUT2D eigenvalue weighted by molar-refractivity contribution is -0.239. The summed E-state index contributed by atoms with van der Waals surface area (Å²) in [5.41, 5.74) is 0. The molecule has 1 aromatic carbocycles. The lowest BCUT2D eigenvalue weighted by atomic mass is 10.4. The van der Waals surface area contributed by atoms with Crippen LogP contribution in [0, 0.1) is 5.82 Å². The van der Waals surface area contributed by atoms with Crippen LogP contribution in [-0.4, -0.2) is 15.6 Å². The van der Waals surface area contributed by atoms with E-state index in [1.54, 1.807) is 0 Å². The lowest BCUT2D eigenvalue weighted by Crippen LogP contribution is -2.40. The van der Waals surface area contributed by atoms with Crippen molar-refractivity contribution < 1.29 is 30.6 Å². The van der Waals surface area contributed by atoms with Crippen LogP contribution in [0.15, 0.2) is 29.2 Å². The van der Waals surface area contributed by atoms with E-state index in [4.69, 9.17) is 0 Å². The van der Waals surface area contributed by atoms with Crippen LogP contribution < -0.4 is 0 Å². The van der Waals surface area contributed by atoms with Gasteiger partial charge < -0.3 is 0 Å². The molecule has 0 amide bonds. The van der Waals surface area contributed by atoms with Gasteiger partial charge in [-0.25, -0.2) is 8.60 Å². The van der Waals surface area contributed by atoms with E-state index in [1.165, 1.54) is 0 Å². The highest BCUT2D eigenvalue weighted by molar-refractivity contribution is 7.86. The fourth-order valence-corrected chi connectivity index (χ4v) is 1.76. The van der Waals surface area contributed by atoms with Crippen LogP contribution in [0.5, 0.6) is 0 Å². The third-order valence-electron chi connectivity index (χ3n) is 1.57. The van der Waals surface area contributed by atoms with E-state index in [1.807, 2.05) is 0 Å². The van der Waals surface area contributed by atoms with Gasteiger partial charge in [0, 0.05) is 4.90 Å². The molecule has 0 bridgehead atoms. The van der Waals surface area contributed by atoms with Crippen LogP contribution in [0.1, 0.15) is 0 Å². The third kappa shape index (κ3) is 2.37. The van der Waals surface area contributed by atoms with Crippen LogP contribution in [0.4, 0.5) is 26.3 Å². The Morgan fingerprint density at radius 3 is 2.06 bits per heavy atom. The molecule has 8 heteroatoms. The molecular weight excluding hydrogens is 258 g/mol. The summed E-state index contributed by atoms with van der Waals surface area (Å²) in [5.74, 6) is -1.04. The van der Waals surface area contributed by atoms with E-state index in [9.17, 15) is 30.6 Å². The molecule has 90 valence electrons. The van der Waals surface area contributed by atoms with Gasteiger partial charge in [-0.2, -0.15) is 22.0 Å². The summed E-state index contributed by atoms with van der Waals surface area (Å²) in [6.45, 7) is 0. The van der Waals surface area contributed by atoms with E-state index >= 15 is 0 Å². The van der Waals surface area contributed by atoms with Crippen LogP contribution in [-0.2, 0) is 10.8 Å². The SMILES string of the molecule is O=S(c1cccc(F)c1)C(F)(F)C(F)(F)F. The Bertz CT molecular complexity index is 413. The molecule has 0 aliphatic heterocycles. The number of hydrogen-bond donors (Lipinski definition) is 0. The van der Waals surface area contributed by atoms with Crippen molar-refractivity contribution >= 4 is 10.8 Å². The molecule has 0 fully saturated rings. The van der Waals surface area contributed by atoms with Crippen molar-refractivity contribution in [2.45, 2.75) is 16.3 Å². The zero-order valence-electron chi connectivity index (χ0n) is 7.39. The van der Waals surface area contributed by atoms with Gasteiger partial charge in [-0.15, -0.1) is 0 Å². The summed E-state index contributed by atoms with van der Waals surface area (Å²) in [5, 5.41) is -5.40. The third-order valence-corrected chi connectivity index (χ3v) is 2.95. The van der Waals surface area contributed by atoms with Gasteiger partial charge >= 0.3 is 11.4 Å². The normalized spacial score (nSPS) is 14.9. The second-order valence-corrected chi connectivity index (χ2v) is 4.26. The van der Waals surface area contributed by atoms with Crippen LogP contribution >= 0.6 is 0 Å². The van der Waals surface area contributed by atoms with Crippen molar-refractivity contribution in [2.75, 3.05) is 0 Å². The van der Waals surface area contributed by atoms with Crippen LogP contribution in [0.2, 0.25) is 0 Å². The van der Waals surface area contributed by atoms with E-state index in [2.05, 4.69) is 0 Å². The molecule has 1 rings (SSSR count). The second kappa shape index (κ2) is 4.08. The van der Waals surface area contributed by atoms with Gasteiger partial charge in [-0.05, 0) is 18.2 Å². The number of halogens is 6. The highest BCUT2D eigenvalue weighted by Crippen LogP contribution is 2.40. The molecule has 1 unspecified atom stereocenters. The first-order valence-electron chi connectivity index (χ1n) is 3.78. The van der Waals surface area contributed by atoms with Gasteiger partial charge in [0.2, 0.25) is 0 Å². The quantitative estimate of drug-likeness (QED) is 0.748. The Kier molecular flexibility index (Phi) is 3.32. The molecule has 0 saturated carbocycles. The molecule has 0 aliphatic rings. The zero-order chi connectivity index (χ0) is 12.6. The van der Waals surface area contributed by atoms with E-state index < -0.39 is 32.9 Å². The van der Waals surface area contributed by atoms with Gasteiger partial charge in [0.1, 0.15) is 16.6 Å². The molecule has 1 nitrogen and oxygen atoms in total. The number of alkyl halides is 5. The minimum Gasteiger partial charge on any atom is -0.248 e. The van der Waals surface area contributed by atoms with Gasteiger partial charge in [-0.1, -0.05) is 6.07 Å². The molecule has 0 N–H and O–H groups in total. The standard InChI is InChI=1S/C8H4F6OS/c9-5-2-1-3-6(4-5)16(15)8(13,14)7(10,11)12/h1-4H. The molecule has 16 heavy (non-hydrogen) atoms. The molecule has 0 heterocycles. The summed E-state index contributed by atoms with van der Waals surface area (Å²) in [6, 6.07) is 2.84. The monoisotopic (exact) mass is 262 g/mol. The molecule has 0 aromatic heterocycles. The highest BCUT2D eigenvalue weighted by Gasteiger charge is 2.62. The van der Waals surface area contributed by atoms with Crippen molar-refractivity contribution in [3.05, 3.63) is 30.1 Å². The van der Waals surface area contributed by atoms with E-state index in [0.717, 1.165) is 18.2 Å². The van der Waals surface area contributed by atoms with Gasteiger partial charge in [-0.3, -0.25) is 0 Å². The summed E-state index contributed by atoms with van der Waals surface area (Å²) in [4.78, 5) is -0.915. The van der Waals surface area contributed by atoms with Gasteiger partial charge in [0.05, 0.1) is 0 Å². The van der Waals surface area contributed by atoms with Crippen molar-refractivity contribution in [1.82, 2.24) is 0 Å². The Morgan fingerprint density at radius 1 is 1.06 bits per heavy atom. The molecule has 0 spiro atoms. The minimum absolute atomic E-state index is 0.371. The smallest absolute Gasteiger partial charge is 0.248 e. The predicted octanol–water partition coefficient (Wildman–Crippen LogP) is 3.09. The second-order valence-electron chi connectivity index (χ2n) is 2.74. The van der Waals surface area contributed by atoms with Crippen molar-refractivity contribution in [1.29, 1.82) is 0 Å². The average molecular weight is 262 g/mol. The van der Waals surface area contributed by atoms with Crippen LogP contribution in [0.3, 0.4) is 0 Å². The molecule has 1 aromatic rings. The topological polar surface area (TPSA) is 17.1 Å². The summed E-state index contributed by atoms with van der Waals surface area (Å²) in [7, 11) is -3.67. The maximum absolute atomic E-state index is 12.6. The highest BCUT2D eigenvalue weighted by atomic mass is 32.2. The predicted molar refractivity (Wildman–Crippen MR) is 43.8 cm³/mol. The summed E-state index contributed by atoms with van der Waals surface area (Å²) in [6.07, 6.45) is -5.94. The van der Waals surface area contributed by atoms with E-state index in [-0.39, 0.29) is 0 Å². The van der Waals surface area contributed by atoms with E-state index in [0.29, 0.717) is 6.07 Å². The number of benzene rings is 1. The first-order chi connectivity index (χ1) is 7.16. The molecular formula is C8H4F6OS. The molecule has 0 radical (unpaired) electrons. The minimum atomic E-state index is -5.94. The maximum Gasteiger partial charge on any atom is 0.467 e. The Hall–Kier alpha value is -1.05. The van der Waals surface area contributed by atoms with Crippen molar-refractivity contribution in [2.24, 2.45) is 0 Å². The van der Waals surface area contributed by atoms with Crippen molar-refractivity contribution in [3.8, 4) is 0 Å². The van der Waals surface area contributed by atoms with Gasteiger partial charge in [0.15, 0.2) is 0 Å². The molecule has 0 saturated heterocycles. The first kappa shape index (κ1) is 13.0. The first-order valence-corrected chi connectivity index (χ1v) is 4.93. The van der Waals surface area contributed by atoms with Crippen LogP contribution in [0.25, 0.3) is 0 Å². The number of rotatable bonds is 2. The largest absolute Gasteiger partial charge is 0.467 e. The number of hydrogen-bond acceptors (Lipinski definition) is 1. The Labute approximate surface area is 88.5 Å². The fraction of sp³-hybridized carbons (Fsp3) is 0.250. The average Bonchev–Trinajstić information content (AvgIpc) is 2.14. The maximum atomic E-state index is 12.6. The van der Waals surface area contributed by atoms with Gasteiger partial charge in [0.25, 0.3) is 0 Å². The fourth-order valence-electron chi connectivity index (χ4n) is 0.835. The van der Waals surface area contributed by atoms with Crippen molar-refractivity contribution in [3.63, 3.8) is 0 Å². The molecule has 1 atom stereocenters. The summed E-state index contributed by atoms with van der Waals surface area (Å²) >= 11 is 0. The Morgan fingerprint density at radius 2 is 1.62 bits per heavy atom. The zero-order valence-corrected chi connectivity index (χ0v) is 8.21. The summed E-state index contributed by atoms with van der Waals surface area (Å²) < 4.78 is 84.2. The lowest BCUT2D eigenvalue weighted by Gasteiger charge is -2.18.